The Balaban J connectivity index is 2.17. The Morgan fingerprint density at radius 3 is 3.00 bits per heavy atom. The summed E-state index contributed by atoms with van der Waals surface area (Å²) in [6.07, 6.45) is 1.27. The summed E-state index contributed by atoms with van der Waals surface area (Å²) in [5.41, 5.74) is 0.0423. The number of carboxylic acid groups (broad SMARTS) is 1. The summed E-state index contributed by atoms with van der Waals surface area (Å²) in [5.74, 6) is -1.66. The molecule has 0 aromatic carbocycles. The maximum absolute atomic E-state index is 11.4. The lowest BCUT2D eigenvalue weighted by Gasteiger charge is -2.30. The van der Waals surface area contributed by atoms with E-state index in [1.54, 1.807) is 11.8 Å². The number of piperazine rings is 1. The highest BCUT2D eigenvalue weighted by Crippen LogP contribution is 2.16. The summed E-state index contributed by atoms with van der Waals surface area (Å²) >= 11 is 0. The Hall–Kier alpha value is -2.15. The Kier molecular flexibility index (Phi) is 3.15. The number of rotatable bonds is 3. The van der Waals surface area contributed by atoms with Crippen molar-refractivity contribution in [1.29, 1.82) is 0 Å². The van der Waals surface area contributed by atoms with Gasteiger partial charge in [-0.1, -0.05) is 0 Å². The zero-order valence-corrected chi connectivity index (χ0v) is 9.67. The molecule has 0 spiro atoms. The average molecular weight is 252 g/mol. The quantitative estimate of drug-likeness (QED) is 0.724. The van der Waals surface area contributed by atoms with Gasteiger partial charge in [0.25, 0.3) is 0 Å². The number of nitrogens with zero attached hydrogens (tertiary/aromatic N) is 1. The molecule has 7 heteroatoms. The maximum atomic E-state index is 11.4. The van der Waals surface area contributed by atoms with E-state index in [2.05, 4.69) is 5.32 Å². The monoisotopic (exact) mass is 252 g/mol. The molecule has 0 bridgehead atoms. The molecule has 96 valence electrons. The largest absolute Gasteiger partial charge is 0.478 e. The van der Waals surface area contributed by atoms with E-state index in [0.717, 1.165) is 0 Å². The first-order valence-electron chi connectivity index (χ1n) is 5.36. The number of carbonyl (C=O) groups excluding carboxylic acids is 2. The van der Waals surface area contributed by atoms with Crippen LogP contribution in [0.25, 0.3) is 0 Å². The highest BCUT2D eigenvalue weighted by molar-refractivity contribution is 6.00. The van der Waals surface area contributed by atoms with Crippen LogP contribution in [0.2, 0.25) is 0 Å². The minimum Gasteiger partial charge on any atom is -0.478 e. The van der Waals surface area contributed by atoms with Crippen molar-refractivity contribution in [3.63, 3.8) is 0 Å². The van der Waals surface area contributed by atoms with Crippen molar-refractivity contribution in [1.82, 2.24) is 10.2 Å². The van der Waals surface area contributed by atoms with Crippen LogP contribution in [0.4, 0.5) is 0 Å². The number of carbonyl (C=O) groups is 3. The second-order valence-electron chi connectivity index (χ2n) is 4.06. The number of nitrogens with one attached hydrogen (secondary N) is 1. The molecule has 1 atom stereocenters. The van der Waals surface area contributed by atoms with Gasteiger partial charge in [-0.3, -0.25) is 19.8 Å². The number of amides is 2. The molecule has 18 heavy (non-hydrogen) atoms. The van der Waals surface area contributed by atoms with E-state index in [1.165, 1.54) is 12.3 Å². The van der Waals surface area contributed by atoms with Crippen molar-refractivity contribution in [2.75, 3.05) is 6.54 Å². The summed E-state index contributed by atoms with van der Waals surface area (Å²) in [6.45, 7) is 1.78. The molecule has 7 nitrogen and oxygen atoms in total. The molecule has 1 unspecified atom stereocenters. The van der Waals surface area contributed by atoms with Gasteiger partial charge in [-0.2, -0.15) is 0 Å². The van der Waals surface area contributed by atoms with E-state index >= 15 is 0 Å². The van der Waals surface area contributed by atoms with Crippen molar-refractivity contribution in [3.05, 3.63) is 23.7 Å². The van der Waals surface area contributed by atoms with Crippen molar-refractivity contribution in [3.8, 4) is 0 Å². The molecule has 1 aliphatic heterocycles. The Morgan fingerprint density at radius 2 is 2.33 bits per heavy atom. The zero-order chi connectivity index (χ0) is 13.3. The Bertz CT molecular complexity index is 507. The first-order chi connectivity index (χ1) is 8.49. The number of hydrogen-bond donors (Lipinski definition) is 2. The molecule has 2 N–H and O–H groups in total. The fraction of sp³-hybridized carbons (Fsp3) is 0.364. The highest BCUT2D eigenvalue weighted by Gasteiger charge is 2.31. The summed E-state index contributed by atoms with van der Waals surface area (Å²) < 4.78 is 5.08. The van der Waals surface area contributed by atoms with Crippen molar-refractivity contribution >= 4 is 17.8 Å². The van der Waals surface area contributed by atoms with Crippen LogP contribution in [0.3, 0.4) is 0 Å². The molecule has 0 aliphatic carbocycles. The Labute approximate surface area is 102 Å². The summed E-state index contributed by atoms with van der Waals surface area (Å²) in [7, 11) is 0. The van der Waals surface area contributed by atoms with Gasteiger partial charge in [-0.05, 0) is 13.0 Å². The normalized spacial score (nSPS) is 20.8. The number of aromatic carboxylic acids is 1. The number of hydrogen-bond acceptors (Lipinski definition) is 5. The molecule has 1 aromatic heterocycles. The van der Waals surface area contributed by atoms with Gasteiger partial charge in [0, 0.05) is 0 Å². The third kappa shape index (κ3) is 2.25. The van der Waals surface area contributed by atoms with Gasteiger partial charge in [0.05, 0.1) is 25.4 Å². The second kappa shape index (κ2) is 4.61. The van der Waals surface area contributed by atoms with Gasteiger partial charge in [0.15, 0.2) is 0 Å². The zero-order valence-electron chi connectivity index (χ0n) is 9.67. The number of carboxylic acids is 1. The van der Waals surface area contributed by atoms with Crippen LogP contribution >= 0.6 is 0 Å². The van der Waals surface area contributed by atoms with Gasteiger partial charge in [0.2, 0.25) is 11.8 Å². The smallest absolute Gasteiger partial charge is 0.339 e. The van der Waals surface area contributed by atoms with Crippen LogP contribution < -0.4 is 5.32 Å². The first-order valence-corrected chi connectivity index (χ1v) is 5.36. The van der Waals surface area contributed by atoms with Gasteiger partial charge in [-0.25, -0.2) is 4.79 Å². The molecular formula is C11H12N2O5. The summed E-state index contributed by atoms with van der Waals surface area (Å²) in [4.78, 5) is 35.2. The van der Waals surface area contributed by atoms with Crippen LogP contribution in [0.1, 0.15) is 23.0 Å². The molecule has 1 saturated heterocycles. The summed E-state index contributed by atoms with van der Waals surface area (Å²) in [6, 6.07) is 0.836. The van der Waals surface area contributed by atoms with Gasteiger partial charge in [-0.15, -0.1) is 0 Å². The van der Waals surface area contributed by atoms with Crippen molar-refractivity contribution in [2.24, 2.45) is 0 Å². The van der Waals surface area contributed by atoms with E-state index in [0.29, 0.717) is 0 Å². The van der Waals surface area contributed by atoms with Crippen LogP contribution in [-0.4, -0.2) is 40.4 Å². The van der Waals surface area contributed by atoms with Crippen molar-refractivity contribution < 1.29 is 23.9 Å². The summed E-state index contributed by atoms with van der Waals surface area (Å²) in [5, 5.41) is 11.1. The highest BCUT2D eigenvalue weighted by atomic mass is 16.4. The molecule has 0 saturated carbocycles. The van der Waals surface area contributed by atoms with Crippen molar-refractivity contribution in [2.45, 2.75) is 19.5 Å². The lowest BCUT2D eigenvalue weighted by molar-refractivity contribution is -0.139. The van der Waals surface area contributed by atoms with Crippen LogP contribution in [0.15, 0.2) is 16.7 Å². The molecule has 2 amide bonds. The lowest BCUT2D eigenvalue weighted by Crippen LogP contribution is -2.56. The van der Waals surface area contributed by atoms with Crippen LogP contribution in [0, 0.1) is 0 Å². The molecule has 1 fully saturated rings. The maximum Gasteiger partial charge on any atom is 0.339 e. The van der Waals surface area contributed by atoms with Crippen LogP contribution in [-0.2, 0) is 16.1 Å². The number of furan rings is 1. The molecule has 1 aromatic rings. The lowest BCUT2D eigenvalue weighted by atomic mass is 10.1. The minimum atomic E-state index is -1.10. The van der Waals surface area contributed by atoms with E-state index in [9.17, 15) is 14.4 Å². The van der Waals surface area contributed by atoms with Gasteiger partial charge >= 0.3 is 5.97 Å². The molecule has 0 radical (unpaired) electrons. The molecule has 2 rings (SSSR count). The number of imide groups is 1. The average Bonchev–Trinajstić information content (AvgIpc) is 2.73. The fourth-order valence-corrected chi connectivity index (χ4v) is 1.80. The fourth-order valence-electron chi connectivity index (χ4n) is 1.80. The second-order valence-corrected chi connectivity index (χ2v) is 4.06. The standard InChI is InChI=1S/C11H12N2O5/c1-6-10(15)12-9(14)5-13(6)4-8-7(11(16)17)2-3-18-8/h2-3,6H,4-5H2,1H3,(H,16,17)(H,12,14,15). The van der Waals surface area contributed by atoms with Gasteiger partial charge in [0.1, 0.15) is 11.3 Å². The predicted octanol–water partition coefficient (Wildman–Crippen LogP) is -0.175. The topological polar surface area (TPSA) is 99.9 Å². The van der Waals surface area contributed by atoms with E-state index in [1.807, 2.05) is 0 Å². The molecule has 2 heterocycles. The SMILES string of the molecule is CC1C(=O)NC(=O)CN1Cc1occc1C(=O)O. The van der Waals surface area contributed by atoms with Crippen LogP contribution in [0.5, 0.6) is 0 Å². The third-order valence-corrected chi connectivity index (χ3v) is 2.86. The Morgan fingerprint density at radius 1 is 1.61 bits per heavy atom. The molecule has 1 aliphatic rings. The van der Waals surface area contributed by atoms with Gasteiger partial charge < -0.3 is 9.52 Å². The minimum absolute atomic E-state index is 0.0344. The van der Waals surface area contributed by atoms with E-state index in [-0.39, 0.29) is 24.4 Å². The first kappa shape index (κ1) is 12.3. The third-order valence-electron chi connectivity index (χ3n) is 2.86. The predicted molar refractivity (Wildman–Crippen MR) is 58.7 cm³/mol. The molecular weight excluding hydrogens is 240 g/mol. The van der Waals surface area contributed by atoms with E-state index in [4.69, 9.17) is 9.52 Å². The van der Waals surface area contributed by atoms with E-state index < -0.39 is 23.8 Å².